The number of hydrogen-bond donors (Lipinski definition) is 1. The van der Waals surface area contributed by atoms with Crippen LogP contribution < -0.4 is 4.73 Å². The van der Waals surface area contributed by atoms with Gasteiger partial charge in [-0.1, -0.05) is 23.2 Å². The van der Waals surface area contributed by atoms with Crippen LogP contribution in [-0.2, 0) is 0 Å². The van der Waals surface area contributed by atoms with Crippen molar-refractivity contribution >= 4 is 29.2 Å². The number of carboxylic acids is 1. The zero-order valence-electron chi connectivity index (χ0n) is 8.93. The number of aromatic nitrogens is 1. The molecule has 0 amide bonds. The molecule has 1 aromatic heterocycles. The maximum absolute atomic E-state index is 11.9. The zero-order chi connectivity index (χ0) is 13.3. The molecule has 1 N–H and O–H groups in total. The van der Waals surface area contributed by atoms with E-state index in [2.05, 4.69) is 0 Å². The van der Waals surface area contributed by atoms with E-state index in [1.54, 1.807) is 24.3 Å². The fourth-order valence-corrected chi connectivity index (χ4v) is 1.91. The Labute approximate surface area is 113 Å². The highest BCUT2D eigenvalue weighted by Gasteiger charge is 2.22. The van der Waals surface area contributed by atoms with Gasteiger partial charge in [0.05, 0.1) is 0 Å². The molecule has 0 bridgehead atoms. The average Bonchev–Trinajstić information content (AvgIpc) is 2.31. The average molecular weight is 284 g/mol. The summed E-state index contributed by atoms with van der Waals surface area (Å²) in [6, 6.07) is 8.94. The second-order valence-corrected chi connectivity index (χ2v) is 4.37. The number of rotatable bonds is 2. The summed E-state index contributed by atoms with van der Waals surface area (Å²) in [6.45, 7) is 0. The van der Waals surface area contributed by atoms with E-state index in [4.69, 9.17) is 28.3 Å². The first kappa shape index (κ1) is 12.7. The van der Waals surface area contributed by atoms with E-state index in [1.807, 2.05) is 0 Å². The van der Waals surface area contributed by atoms with E-state index in [1.165, 1.54) is 6.07 Å². The van der Waals surface area contributed by atoms with E-state index in [-0.39, 0.29) is 16.4 Å². The molecule has 4 nitrogen and oxygen atoms in total. The minimum atomic E-state index is -1.31. The van der Waals surface area contributed by atoms with Crippen LogP contribution in [0.25, 0.3) is 11.3 Å². The summed E-state index contributed by atoms with van der Waals surface area (Å²) in [5.74, 6) is -1.31. The van der Waals surface area contributed by atoms with Crippen LogP contribution in [0.1, 0.15) is 10.5 Å². The van der Waals surface area contributed by atoms with Gasteiger partial charge in [-0.05, 0) is 30.3 Å². The van der Waals surface area contributed by atoms with Crippen LogP contribution in [0.4, 0.5) is 0 Å². The van der Waals surface area contributed by atoms with Crippen LogP contribution in [0, 0.1) is 5.21 Å². The van der Waals surface area contributed by atoms with Gasteiger partial charge in [-0.3, -0.25) is 0 Å². The molecule has 0 fully saturated rings. The third-order valence-corrected chi connectivity index (χ3v) is 2.93. The second kappa shape index (κ2) is 4.84. The molecule has 1 aromatic carbocycles. The largest absolute Gasteiger partial charge is 0.618 e. The molecular formula is C12H7Cl2NO3. The van der Waals surface area contributed by atoms with Crippen molar-refractivity contribution in [3.63, 3.8) is 0 Å². The highest BCUT2D eigenvalue weighted by molar-refractivity contribution is 6.33. The molecule has 0 saturated carbocycles. The Balaban J connectivity index is 2.66. The van der Waals surface area contributed by atoms with Gasteiger partial charge in [0.2, 0.25) is 5.69 Å². The molecule has 0 radical (unpaired) electrons. The van der Waals surface area contributed by atoms with Gasteiger partial charge >= 0.3 is 11.7 Å². The SMILES string of the molecule is O=C(O)c1ccc(Cl)c(-c2ccc(Cl)cc2)[n+]1[O-]. The number of hydrogen-bond acceptors (Lipinski definition) is 2. The highest BCUT2D eigenvalue weighted by atomic mass is 35.5. The number of benzene rings is 1. The maximum Gasteiger partial charge on any atom is 0.402 e. The molecule has 0 saturated heterocycles. The first-order valence-corrected chi connectivity index (χ1v) is 5.67. The van der Waals surface area contributed by atoms with Crippen molar-refractivity contribution in [2.24, 2.45) is 0 Å². The van der Waals surface area contributed by atoms with Gasteiger partial charge in [0.25, 0.3) is 0 Å². The highest BCUT2D eigenvalue weighted by Crippen LogP contribution is 2.25. The van der Waals surface area contributed by atoms with Gasteiger partial charge in [0.15, 0.2) is 0 Å². The van der Waals surface area contributed by atoms with Crippen molar-refractivity contribution in [3.8, 4) is 11.3 Å². The Kier molecular flexibility index (Phi) is 3.41. The molecule has 0 spiro atoms. The minimum Gasteiger partial charge on any atom is -0.618 e. The number of carbonyl (C=O) groups is 1. The van der Waals surface area contributed by atoms with E-state index < -0.39 is 5.97 Å². The Morgan fingerprint density at radius 2 is 1.72 bits per heavy atom. The normalized spacial score (nSPS) is 10.3. The molecule has 0 aliphatic carbocycles. The van der Waals surface area contributed by atoms with Crippen molar-refractivity contribution < 1.29 is 14.6 Å². The molecule has 92 valence electrons. The molecule has 6 heteroatoms. The molecule has 18 heavy (non-hydrogen) atoms. The number of nitrogens with zero attached hydrogens (tertiary/aromatic N) is 1. The summed E-state index contributed by atoms with van der Waals surface area (Å²) in [5, 5.41) is 21.5. The third kappa shape index (κ3) is 2.25. The van der Waals surface area contributed by atoms with Crippen molar-refractivity contribution in [2.75, 3.05) is 0 Å². The second-order valence-electron chi connectivity index (χ2n) is 3.52. The quantitative estimate of drug-likeness (QED) is 0.681. The smallest absolute Gasteiger partial charge is 0.402 e. The first-order valence-electron chi connectivity index (χ1n) is 4.92. The van der Waals surface area contributed by atoms with Gasteiger partial charge < -0.3 is 10.3 Å². The van der Waals surface area contributed by atoms with Crippen molar-refractivity contribution in [1.82, 2.24) is 0 Å². The van der Waals surface area contributed by atoms with Gasteiger partial charge in [0, 0.05) is 16.7 Å². The molecule has 2 rings (SSSR count). The third-order valence-electron chi connectivity index (χ3n) is 2.37. The van der Waals surface area contributed by atoms with Crippen molar-refractivity contribution in [1.29, 1.82) is 0 Å². The summed E-state index contributed by atoms with van der Waals surface area (Å²) >= 11 is 11.7. The van der Waals surface area contributed by atoms with Crippen LogP contribution in [0.2, 0.25) is 10.0 Å². The van der Waals surface area contributed by atoms with Gasteiger partial charge in [-0.2, -0.15) is 4.73 Å². The van der Waals surface area contributed by atoms with Gasteiger partial charge in [0.1, 0.15) is 5.02 Å². The standard InChI is InChI=1S/C12H7Cl2NO3/c13-8-3-1-7(2-4-8)11-9(14)5-6-10(12(16)17)15(11)18/h1-6H,(H,16,17). The fraction of sp³-hybridized carbons (Fsp3) is 0. The Hall–Kier alpha value is -1.78. The summed E-state index contributed by atoms with van der Waals surface area (Å²) in [6.07, 6.45) is 0. The van der Waals surface area contributed by atoms with Crippen molar-refractivity contribution in [2.45, 2.75) is 0 Å². The topological polar surface area (TPSA) is 64.2 Å². The minimum absolute atomic E-state index is 0.0910. The zero-order valence-corrected chi connectivity index (χ0v) is 10.4. The number of pyridine rings is 1. The Morgan fingerprint density at radius 3 is 2.28 bits per heavy atom. The van der Waals surface area contributed by atoms with Gasteiger partial charge in [-0.15, -0.1) is 0 Å². The van der Waals surface area contributed by atoms with Crippen LogP contribution in [0.15, 0.2) is 36.4 Å². The summed E-state index contributed by atoms with van der Waals surface area (Å²) in [4.78, 5) is 10.9. The number of carboxylic acid groups (broad SMARTS) is 1. The van der Waals surface area contributed by atoms with E-state index in [9.17, 15) is 10.0 Å². The van der Waals surface area contributed by atoms with Crippen LogP contribution >= 0.6 is 23.2 Å². The predicted octanol–water partition coefficient (Wildman–Crippen LogP) is 2.99. The Morgan fingerprint density at radius 1 is 1.11 bits per heavy atom. The lowest BCUT2D eigenvalue weighted by molar-refractivity contribution is -0.596. The molecule has 0 unspecified atom stereocenters. The molecular weight excluding hydrogens is 277 g/mol. The maximum atomic E-state index is 11.9. The molecule has 0 aliphatic heterocycles. The van der Waals surface area contributed by atoms with Crippen LogP contribution in [0.3, 0.4) is 0 Å². The molecule has 1 heterocycles. The van der Waals surface area contributed by atoms with Gasteiger partial charge in [-0.25, -0.2) is 4.79 Å². The lowest BCUT2D eigenvalue weighted by Crippen LogP contribution is -2.37. The summed E-state index contributed by atoms with van der Waals surface area (Å²) in [5.41, 5.74) is 0.208. The first-order chi connectivity index (χ1) is 8.50. The lowest BCUT2D eigenvalue weighted by atomic mass is 10.1. The predicted molar refractivity (Wildman–Crippen MR) is 67.8 cm³/mol. The number of halogens is 2. The van der Waals surface area contributed by atoms with Crippen molar-refractivity contribution in [3.05, 3.63) is 57.3 Å². The van der Waals surface area contributed by atoms with E-state index in [0.29, 0.717) is 15.3 Å². The Bertz CT molecular complexity index is 611. The molecule has 2 aromatic rings. The van der Waals surface area contributed by atoms with E-state index >= 15 is 0 Å². The number of aromatic carboxylic acids is 1. The fourth-order valence-electron chi connectivity index (χ4n) is 1.54. The lowest BCUT2D eigenvalue weighted by Gasteiger charge is -2.08. The summed E-state index contributed by atoms with van der Waals surface area (Å²) in [7, 11) is 0. The van der Waals surface area contributed by atoms with Crippen LogP contribution in [-0.4, -0.2) is 11.1 Å². The molecule has 0 atom stereocenters. The summed E-state index contributed by atoms with van der Waals surface area (Å²) < 4.78 is 0.300. The molecule has 0 aliphatic rings. The van der Waals surface area contributed by atoms with E-state index in [0.717, 1.165) is 6.07 Å². The van der Waals surface area contributed by atoms with Crippen LogP contribution in [0.5, 0.6) is 0 Å². The monoisotopic (exact) mass is 283 g/mol.